The maximum Gasteiger partial charge on any atom is 0.229 e. The zero-order valence-electron chi connectivity index (χ0n) is 16.6. The fourth-order valence-electron chi connectivity index (χ4n) is 3.33. The van der Waals surface area contributed by atoms with Crippen molar-refractivity contribution in [3.63, 3.8) is 0 Å². The first-order valence-corrected chi connectivity index (χ1v) is 9.91. The van der Waals surface area contributed by atoms with E-state index in [2.05, 4.69) is 10.3 Å². The van der Waals surface area contributed by atoms with Gasteiger partial charge in [-0.3, -0.25) is 19.3 Å². The van der Waals surface area contributed by atoms with Gasteiger partial charge in [0.1, 0.15) is 5.82 Å². The minimum atomic E-state index is -0.398. The van der Waals surface area contributed by atoms with Crippen molar-refractivity contribution < 1.29 is 23.2 Å². The molecule has 1 aromatic heterocycles. The number of nitrogens with one attached hydrogen (secondary N) is 1. The lowest BCUT2D eigenvalue weighted by Crippen LogP contribution is -2.28. The molecule has 1 N–H and O–H groups in total. The molecule has 1 fully saturated rings. The second-order valence-electron chi connectivity index (χ2n) is 7.22. The van der Waals surface area contributed by atoms with Gasteiger partial charge >= 0.3 is 0 Å². The molecule has 1 saturated heterocycles. The van der Waals surface area contributed by atoms with Crippen LogP contribution in [-0.2, 0) is 27.3 Å². The second-order valence-corrected chi connectivity index (χ2v) is 7.22. The van der Waals surface area contributed by atoms with Gasteiger partial charge in [0, 0.05) is 31.4 Å². The van der Waals surface area contributed by atoms with Crippen molar-refractivity contribution in [2.45, 2.75) is 32.2 Å². The summed E-state index contributed by atoms with van der Waals surface area (Å²) in [6, 6.07) is 13.2. The number of benzene rings is 2. The minimum Gasteiger partial charge on any atom is -0.441 e. The number of aryl methyl sites for hydroxylation is 1. The van der Waals surface area contributed by atoms with E-state index in [-0.39, 0.29) is 49.9 Å². The molecule has 0 bridgehead atoms. The zero-order chi connectivity index (χ0) is 21.8. The molecule has 1 aliphatic rings. The van der Waals surface area contributed by atoms with Gasteiger partial charge in [-0.15, -0.1) is 0 Å². The van der Waals surface area contributed by atoms with E-state index in [4.69, 9.17) is 4.42 Å². The summed E-state index contributed by atoms with van der Waals surface area (Å²) in [5, 5.41) is 2.78. The third kappa shape index (κ3) is 4.85. The van der Waals surface area contributed by atoms with Crippen LogP contribution in [0.2, 0.25) is 0 Å². The predicted octanol–water partition coefficient (Wildman–Crippen LogP) is 3.70. The van der Waals surface area contributed by atoms with Crippen molar-refractivity contribution in [3.05, 3.63) is 72.0 Å². The van der Waals surface area contributed by atoms with Crippen molar-refractivity contribution in [2.24, 2.45) is 0 Å². The van der Waals surface area contributed by atoms with Crippen LogP contribution < -0.4 is 5.32 Å². The second kappa shape index (κ2) is 8.91. The van der Waals surface area contributed by atoms with Crippen LogP contribution in [-0.4, -0.2) is 27.6 Å². The number of amides is 3. The molecule has 3 aromatic rings. The quantitative estimate of drug-likeness (QED) is 0.587. The number of rotatable bonds is 7. The molecule has 8 heteroatoms. The molecular formula is C23H20FN3O4. The van der Waals surface area contributed by atoms with Gasteiger partial charge in [0.25, 0.3) is 0 Å². The minimum absolute atomic E-state index is 0.149. The SMILES string of the molecule is O=C(CCc1ncc(-c2ccccc2F)o1)Nc1ccc(CN2C(=O)CCC2=O)cc1. The van der Waals surface area contributed by atoms with Gasteiger partial charge < -0.3 is 9.73 Å². The van der Waals surface area contributed by atoms with Crippen LogP contribution >= 0.6 is 0 Å². The molecule has 4 rings (SSSR count). The average molecular weight is 421 g/mol. The first kappa shape index (κ1) is 20.5. The van der Waals surface area contributed by atoms with E-state index >= 15 is 0 Å². The van der Waals surface area contributed by atoms with Crippen LogP contribution in [0.15, 0.2) is 59.1 Å². The molecule has 31 heavy (non-hydrogen) atoms. The molecular weight excluding hydrogens is 401 g/mol. The predicted molar refractivity (Wildman–Crippen MR) is 110 cm³/mol. The van der Waals surface area contributed by atoms with Crippen LogP contribution in [0.5, 0.6) is 0 Å². The van der Waals surface area contributed by atoms with E-state index in [1.54, 1.807) is 42.5 Å². The fourth-order valence-corrected chi connectivity index (χ4v) is 3.33. The summed E-state index contributed by atoms with van der Waals surface area (Å²) in [6.07, 6.45) is 2.39. The summed E-state index contributed by atoms with van der Waals surface area (Å²) in [6.45, 7) is 0.237. The third-order valence-electron chi connectivity index (χ3n) is 4.99. The summed E-state index contributed by atoms with van der Waals surface area (Å²) in [5.41, 5.74) is 1.73. The molecule has 0 unspecified atom stereocenters. The molecule has 0 saturated carbocycles. The van der Waals surface area contributed by atoms with E-state index in [1.807, 2.05) is 0 Å². The van der Waals surface area contributed by atoms with Crippen LogP contribution in [0.1, 0.15) is 30.7 Å². The molecule has 2 heterocycles. The standard InChI is InChI=1S/C23H20FN3O4/c24-18-4-2-1-3-17(18)19-13-25-21(31-19)10-9-20(28)26-16-7-5-15(6-8-16)14-27-22(29)11-12-23(27)30/h1-8,13H,9-12,14H2,(H,26,28). The molecule has 2 aromatic carbocycles. The number of likely N-dealkylation sites (tertiary alicyclic amines) is 1. The van der Waals surface area contributed by atoms with E-state index < -0.39 is 5.82 Å². The number of carbonyl (C=O) groups is 3. The highest BCUT2D eigenvalue weighted by molar-refractivity contribution is 6.01. The summed E-state index contributed by atoms with van der Waals surface area (Å²) in [5.74, 6) is -0.268. The van der Waals surface area contributed by atoms with E-state index in [0.717, 1.165) is 5.56 Å². The lowest BCUT2D eigenvalue weighted by atomic mass is 10.2. The normalized spacial score (nSPS) is 13.6. The molecule has 3 amide bonds. The maximum atomic E-state index is 13.8. The van der Waals surface area contributed by atoms with E-state index in [1.165, 1.54) is 17.2 Å². The largest absolute Gasteiger partial charge is 0.441 e. The number of oxazole rings is 1. The van der Waals surface area contributed by atoms with E-state index in [0.29, 0.717) is 22.9 Å². The van der Waals surface area contributed by atoms with Gasteiger partial charge in [-0.25, -0.2) is 9.37 Å². The molecule has 158 valence electrons. The Bertz CT molecular complexity index is 1110. The monoisotopic (exact) mass is 421 g/mol. The van der Waals surface area contributed by atoms with Crippen LogP contribution in [0.3, 0.4) is 0 Å². The first-order valence-electron chi connectivity index (χ1n) is 9.91. The van der Waals surface area contributed by atoms with Crippen molar-refractivity contribution in [1.29, 1.82) is 0 Å². The highest BCUT2D eigenvalue weighted by Crippen LogP contribution is 2.24. The number of carbonyl (C=O) groups excluding carboxylic acids is 3. The van der Waals surface area contributed by atoms with Gasteiger partial charge in [0.15, 0.2) is 11.7 Å². The Morgan fingerprint density at radius 3 is 2.48 bits per heavy atom. The summed E-state index contributed by atoms with van der Waals surface area (Å²) >= 11 is 0. The van der Waals surface area contributed by atoms with Crippen LogP contribution in [0.25, 0.3) is 11.3 Å². The van der Waals surface area contributed by atoms with Crippen LogP contribution in [0.4, 0.5) is 10.1 Å². The molecule has 0 spiro atoms. The number of halogens is 1. The van der Waals surface area contributed by atoms with Gasteiger partial charge in [-0.1, -0.05) is 24.3 Å². The lowest BCUT2D eigenvalue weighted by Gasteiger charge is -2.14. The molecule has 7 nitrogen and oxygen atoms in total. The highest BCUT2D eigenvalue weighted by atomic mass is 19.1. The Kier molecular flexibility index (Phi) is 5.88. The summed E-state index contributed by atoms with van der Waals surface area (Å²) in [4.78, 5) is 41.0. The first-order chi connectivity index (χ1) is 15.0. The number of hydrogen-bond acceptors (Lipinski definition) is 5. The molecule has 0 atom stereocenters. The van der Waals surface area contributed by atoms with Crippen molar-refractivity contribution >= 4 is 23.4 Å². The number of anilines is 1. The molecule has 1 aliphatic heterocycles. The Morgan fingerprint density at radius 1 is 1.06 bits per heavy atom. The van der Waals surface area contributed by atoms with Crippen LogP contribution in [0, 0.1) is 5.82 Å². The smallest absolute Gasteiger partial charge is 0.229 e. The number of nitrogens with zero attached hydrogens (tertiary/aromatic N) is 2. The van der Waals surface area contributed by atoms with Gasteiger partial charge in [0.05, 0.1) is 18.3 Å². The van der Waals surface area contributed by atoms with Crippen molar-refractivity contribution in [2.75, 3.05) is 5.32 Å². The third-order valence-corrected chi connectivity index (χ3v) is 4.99. The Morgan fingerprint density at radius 2 is 1.77 bits per heavy atom. The fraction of sp³-hybridized carbons (Fsp3) is 0.217. The van der Waals surface area contributed by atoms with Crippen molar-refractivity contribution in [1.82, 2.24) is 9.88 Å². The van der Waals surface area contributed by atoms with Gasteiger partial charge in [-0.05, 0) is 29.8 Å². The van der Waals surface area contributed by atoms with Crippen molar-refractivity contribution in [3.8, 4) is 11.3 Å². The maximum absolute atomic E-state index is 13.8. The Hall–Kier alpha value is -3.81. The van der Waals surface area contributed by atoms with Gasteiger partial charge in [-0.2, -0.15) is 0 Å². The number of imide groups is 1. The Labute approximate surface area is 177 Å². The highest BCUT2D eigenvalue weighted by Gasteiger charge is 2.28. The number of hydrogen-bond donors (Lipinski definition) is 1. The van der Waals surface area contributed by atoms with E-state index in [9.17, 15) is 18.8 Å². The molecule has 0 aliphatic carbocycles. The van der Waals surface area contributed by atoms with Gasteiger partial charge in [0.2, 0.25) is 17.7 Å². The number of aromatic nitrogens is 1. The lowest BCUT2D eigenvalue weighted by molar-refractivity contribution is -0.139. The average Bonchev–Trinajstić information content (AvgIpc) is 3.36. The zero-order valence-corrected chi connectivity index (χ0v) is 16.6. The topological polar surface area (TPSA) is 92.5 Å². The summed E-state index contributed by atoms with van der Waals surface area (Å²) < 4.78 is 19.4. The Balaban J connectivity index is 1.29. The summed E-state index contributed by atoms with van der Waals surface area (Å²) in [7, 11) is 0. The molecule has 0 radical (unpaired) electrons.